The van der Waals surface area contributed by atoms with Crippen molar-refractivity contribution in [1.82, 2.24) is 10.2 Å². The lowest BCUT2D eigenvalue weighted by Crippen LogP contribution is -2.49. The van der Waals surface area contributed by atoms with Gasteiger partial charge in [0, 0.05) is 13.1 Å². The fourth-order valence-corrected chi connectivity index (χ4v) is 3.71. The second-order valence-corrected chi connectivity index (χ2v) is 9.94. The van der Waals surface area contributed by atoms with Crippen LogP contribution < -0.4 is 10.1 Å². The third kappa shape index (κ3) is 7.94. The van der Waals surface area contributed by atoms with Gasteiger partial charge in [-0.15, -0.1) is 0 Å². The number of nitrogens with zero attached hydrogens (tertiary/aromatic N) is 1. The van der Waals surface area contributed by atoms with E-state index < -0.39 is 6.04 Å². The van der Waals surface area contributed by atoms with E-state index in [0.29, 0.717) is 22.3 Å². The zero-order valence-corrected chi connectivity index (χ0v) is 21.6. The highest BCUT2D eigenvalue weighted by Gasteiger charge is 2.27. The lowest BCUT2D eigenvalue weighted by Gasteiger charge is -2.29. The number of para-hydroxylation sites is 1. The van der Waals surface area contributed by atoms with Gasteiger partial charge < -0.3 is 15.0 Å². The van der Waals surface area contributed by atoms with Gasteiger partial charge in [-0.25, -0.2) is 0 Å². The summed E-state index contributed by atoms with van der Waals surface area (Å²) in [7, 11) is 0. The SMILES string of the molecule is CCCCNC(=O)[C@H](C)N(Cc1ccc(Cl)c(Cl)c1)C(=O)COc1ccccc1C(C)(C)C. The molecule has 1 atom stereocenters. The van der Waals surface area contributed by atoms with E-state index in [4.69, 9.17) is 27.9 Å². The Kier molecular flexibility index (Phi) is 10.1. The van der Waals surface area contributed by atoms with E-state index >= 15 is 0 Å². The van der Waals surface area contributed by atoms with Crippen LogP contribution in [0.5, 0.6) is 5.75 Å². The van der Waals surface area contributed by atoms with E-state index in [0.717, 1.165) is 24.0 Å². The van der Waals surface area contributed by atoms with E-state index in [2.05, 4.69) is 33.0 Å². The van der Waals surface area contributed by atoms with E-state index in [1.807, 2.05) is 24.3 Å². The van der Waals surface area contributed by atoms with Crippen LogP contribution in [0.4, 0.5) is 0 Å². The predicted molar refractivity (Wildman–Crippen MR) is 135 cm³/mol. The summed E-state index contributed by atoms with van der Waals surface area (Å²) in [5.74, 6) is 0.169. The molecule has 33 heavy (non-hydrogen) atoms. The highest BCUT2D eigenvalue weighted by atomic mass is 35.5. The molecule has 0 spiro atoms. The van der Waals surface area contributed by atoms with Crippen LogP contribution in [0.15, 0.2) is 42.5 Å². The average molecular weight is 493 g/mol. The van der Waals surface area contributed by atoms with Gasteiger partial charge in [-0.3, -0.25) is 9.59 Å². The summed E-state index contributed by atoms with van der Waals surface area (Å²) in [6.07, 6.45) is 1.85. The van der Waals surface area contributed by atoms with Gasteiger partial charge in [-0.05, 0) is 48.1 Å². The number of carbonyl (C=O) groups is 2. The fraction of sp³-hybridized carbons (Fsp3) is 0.462. The molecule has 0 fully saturated rings. The Bertz CT molecular complexity index is 957. The summed E-state index contributed by atoms with van der Waals surface area (Å²) in [5, 5.41) is 3.74. The van der Waals surface area contributed by atoms with E-state index in [1.165, 1.54) is 4.90 Å². The van der Waals surface area contributed by atoms with Gasteiger partial charge in [0.1, 0.15) is 11.8 Å². The molecule has 2 rings (SSSR count). The third-order valence-corrected chi connectivity index (χ3v) is 6.12. The standard InChI is InChI=1S/C26H34Cl2N2O3/c1-6-7-14-29-25(32)18(2)30(16-19-12-13-21(27)22(28)15-19)24(31)17-33-23-11-9-8-10-20(23)26(3,4)5/h8-13,15,18H,6-7,14,16-17H2,1-5H3,(H,29,32)/t18-/m0/s1. The first-order valence-corrected chi connectivity index (χ1v) is 12.0. The normalized spacial score (nSPS) is 12.2. The summed E-state index contributed by atoms with van der Waals surface area (Å²) in [6.45, 7) is 10.7. The number of halogens is 2. The molecule has 0 saturated heterocycles. The fourth-order valence-electron chi connectivity index (χ4n) is 3.39. The number of benzene rings is 2. The number of unbranched alkanes of at least 4 members (excludes halogenated alkanes) is 1. The molecule has 180 valence electrons. The van der Waals surface area contributed by atoms with Gasteiger partial charge in [0.25, 0.3) is 5.91 Å². The van der Waals surface area contributed by atoms with Crippen LogP contribution in [-0.4, -0.2) is 35.9 Å². The molecule has 0 saturated carbocycles. The minimum atomic E-state index is -0.676. The molecule has 2 amide bonds. The van der Waals surface area contributed by atoms with Crippen LogP contribution in [0.25, 0.3) is 0 Å². The highest BCUT2D eigenvalue weighted by molar-refractivity contribution is 6.42. The first-order chi connectivity index (χ1) is 15.5. The lowest BCUT2D eigenvalue weighted by atomic mass is 9.86. The first-order valence-electron chi connectivity index (χ1n) is 11.3. The number of ether oxygens (including phenoxy) is 1. The molecule has 7 heteroatoms. The first kappa shape index (κ1) is 27.0. The molecular weight excluding hydrogens is 459 g/mol. The second-order valence-electron chi connectivity index (χ2n) is 9.13. The Balaban J connectivity index is 2.22. The van der Waals surface area contributed by atoms with Crippen LogP contribution in [-0.2, 0) is 21.5 Å². The van der Waals surface area contributed by atoms with Crippen LogP contribution >= 0.6 is 23.2 Å². The molecule has 2 aromatic carbocycles. The molecule has 0 unspecified atom stereocenters. The van der Waals surface area contributed by atoms with Crippen molar-refractivity contribution in [2.24, 2.45) is 0 Å². The van der Waals surface area contributed by atoms with Gasteiger partial charge >= 0.3 is 0 Å². The Morgan fingerprint density at radius 2 is 1.79 bits per heavy atom. The summed E-state index contributed by atoms with van der Waals surface area (Å²) in [5.41, 5.74) is 1.66. The van der Waals surface area contributed by atoms with Gasteiger partial charge in [-0.1, -0.05) is 81.6 Å². The topological polar surface area (TPSA) is 58.6 Å². The maximum atomic E-state index is 13.3. The molecule has 0 aliphatic rings. The number of amides is 2. The van der Waals surface area contributed by atoms with E-state index in [1.54, 1.807) is 25.1 Å². The Hall–Kier alpha value is -2.24. The molecule has 2 aromatic rings. The van der Waals surface area contributed by atoms with Gasteiger partial charge in [0.05, 0.1) is 10.0 Å². The monoisotopic (exact) mass is 492 g/mol. The van der Waals surface area contributed by atoms with Crippen molar-refractivity contribution >= 4 is 35.0 Å². The molecule has 1 N–H and O–H groups in total. The third-order valence-electron chi connectivity index (χ3n) is 5.38. The molecule has 0 aliphatic carbocycles. The molecule has 0 radical (unpaired) electrons. The maximum Gasteiger partial charge on any atom is 0.261 e. The number of rotatable bonds is 10. The van der Waals surface area contributed by atoms with Crippen LogP contribution in [0, 0.1) is 0 Å². The molecule has 0 aromatic heterocycles. The van der Waals surface area contributed by atoms with E-state index in [9.17, 15) is 9.59 Å². The molecule has 0 bridgehead atoms. The van der Waals surface area contributed by atoms with Crippen molar-refractivity contribution in [3.8, 4) is 5.75 Å². The van der Waals surface area contributed by atoms with Gasteiger partial charge in [0.2, 0.25) is 5.91 Å². The molecule has 0 heterocycles. The smallest absolute Gasteiger partial charge is 0.261 e. The molecule has 5 nitrogen and oxygen atoms in total. The summed E-state index contributed by atoms with van der Waals surface area (Å²) in [6, 6.07) is 12.2. The van der Waals surface area contributed by atoms with Crippen LogP contribution in [0.2, 0.25) is 10.0 Å². The van der Waals surface area contributed by atoms with Crippen molar-refractivity contribution < 1.29 is 14.3 Å². The van der Waals surface area contributed by atoms with E-state index in [-0.39, 0.29) is 30.4 Å². The summed E-state index contributed by atoms with van der Waals surface area (Å²) >= 11 is 12.2. The largest absolute Gasteiger partial charge is 0.483 e. The van der Waals surface area contributed by atoms with Crippen molar-refractivity contribution in [2.75, 3.05) is 13.2 Å². The number of hydrogen-bond donors (Lipinski definition) is 1. The van der Waals surface area contributed by atoms with Crippen LogP contribution in [0.1, 0.15) is 58.6 Å². The lowest BCUT2D eigenvalue weighted by molar-refractivity contribution is -0.142. The summed E-state index contributed by atoms with van der Waals surface area (Å²) < 4.78 is 5.95. The van der Waals surface area contributed by atoms with Crippen molar-refractivity contribution in [3.05, 3.63) is 63.6 Å². The number of hydrogen-bond acceptors (Lipinski definition) is 3. The maximum absolute atomic E-state index is 13.3. The molecular formula is C26H34Cl2N2O3. The minimum absolute atomic E-state index is 0.133. The Labute approximate surface area is 207 Å². The van der Waals surface area contributed by atoms with Crippen molar-refractivity contribution in [1.29, 1.82) is 0 Å². The predicted octanol–water partition coefficient (Wildman–Crippen LogP) is 6.00. The summed E-state index contributed by atoms with van der Waals surface area (Å²) in [4.78, 5) is 27.5. The van der Waals surface area contributed by atoms with Crippen LogP contribution in [0.3, 0.4) is 0 Å². The van der Waals surface area contributed by atoms with Gasteiger partial charge in [-0.2, -0.15) is 0 Å². The quantitative estimate of drug-likeness (QED) is 0.413. The molecule has 0 aliphatic heterocycles. The average Bonchev–Trinajstić information content (AvgIpc) is 2.77. The Morgan fingerprint density at radius 1 is 1.09 bits per heavy atom. The van der Waals surface area contributed by atoms with Crippen molar-refractivity contribution in [3.63, 3.8) is 0 Å². The van der Waals surface area contributed by atoms with Crippen molar-refractivity contribution in [2.45, 2.75) is 65.5 Å². The number of carbonyl (C=O) groups excluding carboxylic acids is 2. The van der Waals surface area contributed by atoms with Gasteiger partial charge in [0.15, 0.2) is 6.61 Å². The minimum Gasteiger partial charge on any atom is -0.483 e. The highest BCUT2D eigenvalue weighted by Crippen LogP contribution is 2.31. The second kappa shape index (κ2) is 12.3. The number of nitrogens with one attached hydrogen (secondary N) is 1. The zero-order chi connectivity index (χ0) is 24.6. The zero-order valence-electron chi connectivity index (χ0n) is 20.1. The Morgan fingerprint density at radius 3 is 2.42 bits per heavy atom.